The molecule has 24 heavy (non-hydrogen) atoms. The van der Waals surface area contributed by atoms with Crippen LogP contribution >= 0.6 is 12.2 Å². The molecule has 0 saturated carbocycles. The number of hydrogen-bond donors (Lipinski definition) is 0. The molecule has 1 amide bonds. The van der Waals surface area contributed by atoms with Gasteiger partial charge in [0.15, 0.2) is 10.8 Å². The highest BCUT2D eigenvalue weighted by Gasteiger charge is 2.41. The summed E-state index contributed by atoms with van der Waals surface area (Å²) in [5.41, 5.74) is 4.18. The fourth-order valence-electron chi connectivity index (χ4n) is 2.85. The quantitative estimate of drug-likeness (QED) is 0.602. The third-order valence-electron chi connectivity index (χ3n) is 4.23. The Hall–Kier alpha value is -2.71. The number of thiocarbonyl (C=S) groups is 1. The number of benzene rings is 2. The molecule has 0 aliphatic carbocycles. The van der Waals surface area contributed by atoms with Crippen LogP contribution in [0.3, 0.4) is 0 Å². The van der Waals surface area contributed by atoms with E-state index >= 15 is 0 Å². The first-order valence-electron chi connectivity index (χ1n) is 7.66. The number of carbonyl (C=O) groups is 1. The Bertz CT molecular complexity index is 867. The summed E-state index contributed by atoms with van der Waals surface area (Å²) in [4.78, 5) is 19.7. The van der Waals surface area contributed by atoms with Crippen molar-refractivity contribution in [3.63, 3.8) is 0 Å². The second kappa shape index (κ2) is 6.06. The maximum absolute atomic E-state index is 12.8. The first-order valence-corrected chi connectivity index (χ1v) is 8.07. The molecule has 0 bridgehead atoms. The normalized spacial score (nSPS) is 17.3. The van der Waals surface area contributed by atoms with Gasteiger partial charge in [0, 0.05) is 11.4 Å². The van der Waals surface area contributed by atoms with Crippen molar-refractivity contribution in [2.45, 2.75) is 26.8 Å². The highest BCUT2D eigenvalue weighted by molar-refractivity contribution is 7.81. The number of anilines is 2. The third kappa shape index (κ3) is 2.55. The van der Waals surface area contributed by atoms with Crippen LogP contribution in [0.25, 0.3) is 4.85 Å². The lowest BCUT2D eigenvalue weighted by molar-refractivity contribution is -0.117. The minimum atomic E-state index is -0.360. The van der Waals surface area contributed by atoms with Crippen molar-refractivity contribution in [2.24, 2.45) is 0 Å². The van der Waals surface area contributed by atoms with Crippen molar-refractivity contribution in [2.75, 3.05) is 9.80 Å². The Morgan fingerprint density at radius 1 is 1.08 bits per heavy atom. The summed E-state index contributed by atoms with van der Waals surface area (Å²) in [7, 11) is 0. The minimum Gasteiger partial charge on any atom is -0.306 e. The topological polar surface area (TPSA) is 27.9 Å². The molecule has 1 heterocycles. The highest BCUT2D eigenvalue weighted by Crippen LogP contribution is 2.32. The summed E-state index contributed by atoms with van der Waals surface area (Å²) in [6, 6.07) is 12.9. The maximum Gasteiger partial charge on any atom is 0.256 e. The second-order valence-corrected chi connectivity index (χ2v) is 6.29. The fraction of sp³-hybridized carbons (Fsp3) is 0.211. The van der Waals surface area contributed by atoms with Gasteiger partial charge in [-0.05, 0) is 62.8 Å². The Kier molecular flexibility index (Phi) is 4.08. The van der Waals surface area contributed by atoms with Crippen LogP contribution in [0.15, 0.2) is 42.5 Å². The fourth-order valence-corrected chi connectivity index (χ4v) is 3.31. The lowest BCUT2D eigenvalue weighted by atomic mass is 10.1. The first-order chi connectivity index (χ1) is 11.4. The molecule has 1 saturated heterocycles. The van der Waals surface area contributed by atoms with Crippen molar-refractivity contribution in [1.82, 2.24) is 0 Å². The van der Waals surface area contributed by atoms with Gasteiger partial charge in [-0.2, -0.15) is 0 Å². The van der Waals surface area contributed by atoms with Crippen LogP contribution in [0.2, 0.25) is 0 Å². The summed E-state index contributed by atoms with van der Waals surface area (Å²) >= 11 is 5.59. The van der Waals surface area contributed by atoms with E-state index in [1.165, 1.54) is 0 Å². The number of aryl methyl sites for hydroxylation is 2. The molecular formula is C19H17N3OS. The number of hydrogen-bond acceptors (Lipinski definition) is 2. The number of amides is 1. The second-order valence-electron chi connectivity index (χ2n) is 5.92. The Morgan fingerprint density at radius 2 is 1.71 bits per heavy atom. The molecule has 0 spiro atoms. The standard InChI is InChI=1S/C19H17N3OS/c1-12-5-7-15(8-6-12)21-14(3)18(23)22(19(21)24)16-9-10-17(20-4)13(2)11-16/h5-11,14H,1-3H3. The van der Waals surface area contributed by atoms with Crippen molar-refractivity contribution in [3.8, 4) is 0 Å². The molecule has 1 aliphatic heterocycles. The van der Waals surface area contributed by atoms with E-state index in [1.807, 2.05) is 56.0 Å². The number of carbonyl (C=O) groups excluding carboxylic acids is 1. The molecule has 1 atom stereocenters. The Labute approximate surface area is 147 Å². The summed E-state index contributed by atoms with van der Waals surface area (Å²) < 4.78 is 0. The van der Waals surface area contributed by atoms with E-state index in [0.717, 1.165) is 16.8 Å². The van der Waals surface area contributed by atoms with Crippen molar-refractivity contribution in [1.29, 1.82) is 0 Å². The van der Waals surface area contributed by atoms with Gasteiger partial charge in [0.2, 0.25) is 0 Å². The molecule has 3 rings (SSSR count). The monoisotopic (exact) mass is 335 g/mol. The first kappa shape index (κ1) is 16.2. The van der Waals surface area contributed by atoms with Crippen LogP contribution in [-0.4, -0.2) is 17.1 Å². The average molecular weight is 335 g/mol. The van der Waals surface area contributed by atoms with E-state index in [9.17, 15) is 4.79 Å². The van der Waals surface area contributed by atoms with Gasteiger partial charge in [0.05, 0.1) is 6.57 Å². The van der Waals surface area contributed by atoms with Crippen LogP contribution in [0.1, 0.15) is 18.1 Å². The van der Waals surface area contributed by atoms with Crippen molar-refractivity contribution < 1.29 is 4.79 Å². The summed E-state index contributed by atoms with van der Waals surface area (Å²) in [6.45, 7) is 12.9. The average Bonchev–Trinajstić information content (AvgIpc) is 2.78. The molecule has 2 aromatic carbocycles. The van der Waals surface area contributed by atoms with E-state index in [1.54, 1.807) is 17.0 Å². The van der Waals surface area contributed by atoms with Gasteiger partial charge in [0.1, 0.15) is 6.04 Å². The zero-order valence-corrected chi connectivity index (χ0v) is 14.6. The van der Waals surface area contributed by atoms with Crippen molar-refractivity contribution in [3.05, 3.63) is 65.0 Å². The lowest BCUT2D eigenvalue weighted by Crippen LogP contribution is -2.33. The van der Waals surface area contributed by atoms with Crippen LogP contribution in [0, 0.1) is 20.4 Å². The molecule has 1 fully saturated rings. The number of nitrogens with zero attached hydrogens (tertiary/aromatic N) is 3. The third-order valence-corrected chi connectivity index (χ3v) is 4.61. The van der Waals surface area contributed by atoms with Crippen LogP contribution in [-0.2, 0) is 4.79 Å². The predicted molar refractivity (Wildman–Crippen MR) is 101 cm³/mol. The summed E-state index contributed by atoms with van der Waals surface area (Å²) in [5.74, 6) is -0.0597. The summed E-state index contributed by atoms with van der Waals surface area (Å²) in [6.07, 6.45) is 0. The molecule has 2 aromatic rings. The minimum absolute atomic E-state index is 0.0597. The smallest absolute Gasteiger partial charge is 0.256 e. The predicted octanol–water partition coefficient (Wildman–Crippen LogP) is 4.38. The van der Waals surface area contributed by atoms with E-state index in [0.29, 0.717) is 16.5 Å². The maximum atomic E-state index is 12.8. The van der Waals surface area contributed by atoms with Gasteiger partial charge in [-0.3, -0.25) is 9.69 Å². The van der Waals surface area contributed by atoms with E-state index in [4.69, 9.17) is 18.8 Å². The van der Waals surface area contributed by atoms with Gasteiger partial charge in [-0.15, -0.1) is 0 Å². The van der Waals surface area contributed by atoms with Crippen molar-refractivity contribution >= 4 is 40.3 Å². The molecule has 0 radical (unpaired) electrons. The number of rotatable bonds is 2. The lowest BCUT2D eigenvalue weighted by Gasteiger charge is -2.22. The largest absolute Gasteiger partial charge is 0.306 e. The molecule has 1 aliphatic rings. The molecule has 1 unspecified atom stereocenters. The van der Waals surface area contributed by atoms with Crippen LogP contribution in [0.4, 0.5) is 17.1 Å². The van der Waals surface area contributed by atoms with E-state index in [2.05, 4.69) is 4.85 Å². The molecule has 4 nitrogen and oxygen atoms in total. The van der Waals surface area contributed by atoms with Gasteiger partial charge in [-0.1, -0.05) is 23.8 Å². The van der Waals surface area contributed by atoms with Crippen LogP contribution < -0.4 is 9.80 Å². The molecule has 120 valence electrons. The molecule has 0 aromatic heterocycles. The van der Waals surface area contributed by atoms with E-state index in [-0.39, 0.29) is 11.9 Å². The Morgan fingerprint density at radius 3 is 2.29 bits per heavy atom. The van der Waals surface area contributed by atoms with Crippen LogP contribution in [0.5, 0.6) is 0 Å². The van der Waals surface area contributed by atoms with Gasteiger partial charge >= 0.3 is 0 Å². The van der Waals surface area contributed by atoms with E-state index < -0.39 is 0 Å². The summed E-state index contributed by atoms with van der Waals surface area (Å²) in [5, 5.41) is 0.464. The van der Waals surface area contributed by atoms with Gasteiger partial charge in [-0.25, -0.2) is 4.85 Å². The molecular weight excluding hydrogens is 318 g/mol. The Balaban J connectivity index is 2.00. The molecule has 0 N–H and O–H groups in total. The zero-order valence-electron chi connectivity index (χ0n) is 13.8. The molecule has 5 heteroatoms. The zero-order chi connectivity index (χ0) is 17.4. The SMILES string of the molecule is [C-]#[N+]c1ccc(N2C(=O)C(C)N(c3ccc(C)cc3)C2=S)cc1C. The highest BCUT2D eigenvalue weighted by atomic mass is 32.1. The van der Waals surface area contributed by atoms with Gasteiger partial charge < -0.3 is 4.90 Å². The van der Waals surface area contributed by atoms with Gasteiger partial charge in [0.25, 0.3) is 5.91 Å².